The first kappa shape index (κ1) is 15.8. The summed E-state index contributed by atoms with van der Waals surface area (Å²) in [6, 6.07) is 3.64. The molecule has 20 heavy (non-hydrogen) atoms. The van der Waals surface area contributed by atoms with E-state index in [-0.39, 0.29) is 25.0 Å². The van der Waals surface area contributed by atoms with Crippen LogP contribution in [-0.2, 0) is 9.53 Å². The van der Waals surface area contributed by atoms with Crippen molar-refractivity contribution in [3.8, 4) is 0 Å². The van der Waals surface area contributed by atoms with Crippen LogP contribution >= 0.6 is 22.9 Å². The van der Waals surface area contributed by atoms with E-state index in [4.69, 9.17) is 16.3 Å². The molecular weight excluding hydrogens is 298 g/mol. The van der Waals surface area contributed by atoms with E-state index in [2.05, 4.69) is 5.32 Å². The summed E-state index contributed by atoms with van der Waals surface area (Å²) in [6.07, 6.45) is 1.80. The van der Waals surface area contributed by atoms with Gasteiger partial charge in [0.2, 0.25) is 5.91 Å². The summed E-state index contributed by atoms with van der Waals surface area (Å²) in [5, 5.41) is 12.5. The van der Waals surface area contributed by atoms with Crippen molar-refractivity contribution < 1.29 is 14.6 Å². The maximum absolute atomic E-state index is 11.9. The molecule has 1 aromatic heterocycles. The van der Waals surface area contributed by atoms with Crippen LogP contribution < -0.4 is 5.32 Å². The van der Waals surface area contributed by atoms with Gasteiger partial charge in [-0.1, -0.05) is 11.6 Å². The average molecular weight is 318 g/mol. The van der Waals surface area contributed by atoms with Crippen molar-refractivity contribution in [1.29, 1.82) is 0 Å². The molecule has 0 bridgehead atoms. The maximum atomic E-state index is 11.9. The van der Waals surface area contributed by atoms with E-state index < -0.39 is 6.10 Å². The van der Waals surface area contributed by atoms with Gasteiger partial charge in [-0.15, -0.1) is 11.3 Å². The number of nitrogens with one attached hydrogen (secondary N) is 1. The SMILES string of the molecule is CC(C(=O)NCC(O)COCC1CC1)c1ccc(Cl)s1. The fourth-order valence-corrected chi connectivity index (χ4v) is 2.89. The number of amides is 1. The second-order valence-electron chi connectivity index (χ2n) is 5.24. The summed E-state index contributed by atoms with van der Waals surface area (Å²) < 4.78 is 6.06. The van der Waals surface area contributed by atoms with Gasteiger partial charge in [0.25, 0.3) is 0 Å². The fraction of sp³-hybridized carbons (Fsp3) is 0.643. The Bertz CT molecular complexity index is 447. The zero-order chi connectivity index (χ0) is 14.5. The number of hydrogen-bond acceptors (Lipinski definition) is 4. The first-order chi connectivity index (χ1) is 9.56. The van der Waals surface area contributed by atoms with Crippen LogP contribution in [-0.4, -0.2) is 36.9 Å². The molecule has 112 valence electrons. The first-order valence-corrected chi connectivity index (χ1v) is 8.04. The molecule has 0 saturated heterocycles. The van der Waals surface area contributed by atoms with Gasteiger partial charge >= 0.3 is 0 Å². The van der Waals surface area contributed by atoms with E-state index in [1.165, 1.54) is 24.2 Å². The minimum atomic E-state index is -0.656. The molecule has 1 saturated carbocycles. The van der Waals surface area contributed by atoms with E-state index in [9.17, 15) is 9.90 Å². The van der Waals surface area contributed by atoms with Gasteiger partial charge in [0.05, 0.1) is 23.0 Å². The molecule has 6 heteroatoms. The van der Waals surface area contributed by atoms with Gasteiger partial charge in [0.15, 0.2) is 0 Å². The van der Waals surface area contributed by atoms with Crippen LogP contribution in [0, 0.1) is 5.92 Å². The van der Waals surface area contributed by atoms with Crippen molar-refractivity contribution in [2.45, 2.75) is 31.8 Å². The van der Waals surface area contributed by atoms with Crippen LogP contribution in [0.2, 0.25) is 4.34 Å². The second kappa shape index (κ2) is 7.41. The van der Waals surface area contributed by atoms with Crippen LogP contribution in [0.1, 0.15) is 30.6 Å². The highest BCUT2D eigenvalue weighted by molar-refractivity contribution is 7.16. The zero-order valence-corrected chi connectivity index (χ0v) is 13.0. The largest absolute Gasteiger partial charge is 0.389 e. The zero-order valence-electron chi connectivity index (χ0n) is 11.5. The van der Waals surface area contributed by atoms with Gasteiger partial charge in [-0.25, -0.2) is 0 Å². The lowest BCUT2D eigenvalue weighted by molar-refractivity contribution is -0.122. The molecule has 1 fully saturated rings. The van der Waals surface area contributed by atoms with Crippen LogP contribution in [0.4, 0.5) is 0 Å². The van der Waals surface area contributed by atoms with Crippen LogP contribution in [0.5, 0.6) is 0 Å². The molecule has 1 aliphatic carbocycles. The number of carbonyl (C=O) groups is 1. The highest BCUT2D eigenvalue weighted by atomic mass is 35.5. The molecule has 2 unspecified atom stereocenters. The van der Waals surface area contributed by atoms with Gasteiger partial charge < -0.3 is 15.2 Å². The van der Waals surface area contributed by atoms with Crippen LogP contribution in [0.3, 0.4) is 0 Å². The van der Waals surface area contributed by atoms with Gasteiger partial charge in [-0.3, -0.25) is 4.79 Å². The molecule has 2 N–H and O–H groups in total. The number of aliphatic hydroxyl groups is 1. The fourth-order valence-electron chi connectivity index (χ4n) is 1.78. The van der Waals surface area contributed by atoms with Crippen molar-refractivity contribution >= 4 is 28.8 Å². The van der Waals surface area contributed by atoms with Gasteiger partial charge in [0, 0.05) is 18.0 Å². The van der Waals surface area contributed by atoms with Crippen molar-refractivity contribution in [1.82, 2.24) is 5.32 Å². The third-order valence-electron chi connectivity index (χ3n) is 3.29. The topological polar surface area (TPSA) is 58.6 Å². The Morgan fingerprint density at radius 3 is 2.95 bits per heavy atom. The van der Waals surface area contributed by atoms with Crippen molar-refractivity contribution in [3.63, 3.8) is 0 Å². The Morgan fingerprint density at radius 1 is 1.60 bits per heavy atom. The molecule has 2 atom stereocenters. The van der Waals surface area contributed by atoms with Gasteiger partial charge in [0.1, 0.15) is 0 Å². The van der Waals surface area contributed by atoms with Crippen LogP contribution in [0.15, 0.2) is 12.1 Å². The Hall–Kier alpha value is -0.620. The van der Waals surface area contributed by atoms with E-state index in [1.807, 2.05) is 13.0 Å². The molecule has 1 aromatic rings. The highest BCUT2D eigenvalue weighted by Gasteiger charge is 2.22. The number of carbonyl (C=O) groups excluding carboxylic acids is 1. The Balaban J connectivity index is 1.65. The molecule has 0 aliphatic heterocycles. The lowest BCUT2D eigenvalue weighted by atomic mass is 10.1. The smallest absolute Gasteiger partial charge is 0.228 e. The van der Waals surface area contributed by atoms with E-state index >= 15 is 0 Å². The highest BCUT2D eigenvalue weighted by Crippen LogP contribution is 2.29. The predicted molar refractivity (Wildman–Crippen MR) is 80.3 cm³/mol. The van der Waals surface area contributed by atoms with Crippen molar-refractivity contribution in [3.05, 3.63) is 21.3 Å². The summed E-state index contributed by atoms with van der Waals surface area (Å²) in [7, 11) is 0. The first-order valence-electron chi connectivity index (χ1n) is 6.85. The Labute approximate surface area is 128 Å². The van der Waals surface area contributed by atoms with Gasteiger partial charge in [-0.2, -0.15) is 0 Å². The molecule has 1 heterocycles. The van der Waals surface area contributed by atoms with Crippen molar-refractivity contribution in [2.24, 2.45) is 5.92 Å². The standard InChI is InChI=1S/C14H20ClNO3S/c1-9(12-4-5-13(15)20-12)14(18)16-6-11(17)8-19-7-10-2-3-10/h4-5,9-11,17H,2-3,6-8H2,1H3,(H,16,18). The average Bonchev–Trinajstić information content (AvgIpc) is 3.15. The number of thiophene rings is 1. The number of halogens is 1. The Kier molecular flexibility index (Phi) is 5.84. The van der Waals surface area contributed by atoms with Crippen molar-refractivity contribution in [2.75, 3.05) is 19.8 Å². The molecule has 0 aromatic carbocycles. The van der Waals surface area contributed by atoms with Gasteiger partial charge in [-0.05, 0) is 37.8 Å². The normalized spacial score (nSPS) is 17.8. The van der Waals surface area contributed by atoms with E-state index in [1.54, 1.807) is 6.07 Å². The molecule has 0 radical (unpaired) electrons. The monoisotopic (exact) mass is 317 g/mol. The van der Waals surface area contributed by atoms with E-state index in [0.29, 0.717) is 10.3 Å². The summed E-state index contributed by atoms with van der Waals surface area (Å²) in [4.78, 5) is 12.9. The molecule has 2 rings (SSSR count). The number of ether oxygens (including phenoxy) is 1. The summed E-state index contributed by atoms with van der Waals surface area (Å²) in [6.45, 7) is 3.03. The molecule has 1 amide bonds. The number of hydrogen-bond donors (Lipinski definition) is 2. The Morgan fingerprint density at radius 2 is 2.35 bits per heavy atom. The van der Waals surface area contributed by atoms with Crippen LogP contribution in [0.25, 0.3) is 0 Å². The molecule has 0 spiro atoms. The maximum Gasteiger partial charge on any atom is 0.228 e. The minimum Gasteiger partial charge on any atom is -0.389 e. The summed E-state index contributed by atoms with van der Waals surface area (Å²) >= 11 is 7.25. The molecule has 4 nitrogen and oxygen atoms in total. The second-order valence-corrected chi connectivity index (χ2v) is 6.99. The minimum absolute atomic E-state index is 0.107. The summed E-state index contributed by atoms with van der Waals surface area (Å²) in [5.74, 6) is 0.317. The summed E-state index contributed by atoms with van der Waals surface area (Å²) in [5.41, 5.74) is 0. The van der Waals surface area contributed by atoms with E-state index in [0.717, 1.165) is 11.5 Å². The number of rotatable bonds is 8. The molecule has 1 aliphatic rings. The lowest BCUT2D eigenvalue weighted by Crippen LogP contribution is -2.36. The lowest BCUT2D eigenvalue weighted by Gasteiger charge is -2.14. The number of aliphatic hydroxyl groups excluding tert-OH is 1. The predicted octanol–water partition coefficient (Wildman–Crippen LogP) is 2.41. The quantitative estimate of drug-likeness (QED) is 0.774. The third kappa shape index (κ3) is 5.05. The third-order valence-corrected chi connectivity index (χ3v) is 4.70. The molecular formula is C14H20ClNO3S.